The summed E-state index contributed by atoms with van der Waals surface area (Å²) in [5, 5.41) is 3.05. The minimum atomic E-state index is 0.111. The summed E-state index contributed by atoms with van der Waals surface area (Å²) >= 11 is 0. The Balaban J connectivity index is 1.56. The van der Waals surface area contributed by atoms with Gasteiger partial charge in [0, 0.05) is 32.3 Å². The van der Waals surface area contributed by atoms with Gasteiger partial charge in [0.15, 0.2) is 0 Å². The zero-order valence-corrected chi connectivity index (χ0v) is 14.0. The Morgan fingerprint density at radius 1 is 1.35 bits per heavy atom. The van der Waals surface area contributed by atoms with Crippen molar-refractivity contribution in [2.45, 2.75) is 44.7 Å². The van der Waals surface area contributed by atoms with E-state index in [4.69, 9.17) is 5.73 Å². The summed E-state index contributed by atoms with van der Waals surface area (Å²) in [6.45, 7) is 0.458. The molecule has 6 nitrogen and oxygen atoms in total. The fourth-order valence-electron chi connectivity index (χ4n) is 4.02. The quantitative estimate of drug-likeness (QED) is 0.875. The van der Waals surface area contributed by atoms with Crippen molar-refractivity contribution in [2.75, 3.05) is 19.0 Å². The Morgan fingerprint density at radius 3 is 2.70 bits per heavy atom. The van der Waals surface area contributed by atoms with Crippen molar-refractivity contribution in [3.05, 3.63) is 18.0 Å². The number of amides is 1. The lowest BCUT2D eigenvalue weighted by Gasteiger charge is -2.43. The maximum atomic E-state index is 12.5. The van der Waals surface area contributed by atoms with E-state index < -0.39 is 0 Å². The maximum Gasteiger partial charge on any atom is 0.225 e. The average Bonchev–Trinajstić information content (AvgIpc) is 2.52. The van der Waals surface area contributed by atoms with Crippen molar-refractivity contribution in [3.63, 3.8) is 0 Å². The Kier molecular flexibility index (Phi) is 4.80. The van der Waals surface area contributed by atoms with E-state index in [0.29, 0.717) is 30.4 Å². The van der Waals surface area contributed by atoms with Crippen LogP contribution in [0.3, 0.4) is 0 Å². The van der Waals surface area contributed by atoms with Crippen molar-refractivity contribution in [1.82, 2.24) is 15.3 Å². The van der Waals surface area contributed by atoms with Crippen LogP contribution in [-0.2, 0) is 11.3 Å². The molecule has 1 aromatic rings. The highest BCUT2D eigenvalue weighted by molar-refractivity contribution is 5.78. The van der Waals surface area contributed by atoms with Crippen LogP contribution in [0.4, 0.5) is 5.95 Å². The van der Waals surface area contributed by atoms with Crippen molar-refractivity contribution >= 4 is 11.9 Å². The number of nitrogens with one attached hydrogen (secondary N) is 1. The van der Waals surface area contributed by atoms with Gasteiger partial charge in [-0.15, -0.1) is 0 Å². The summed E-state index contributed by atoms with van der Waals surface area (Å²) in [5.74, 6) is 1.98. The zero-order valence-electron chi connectivity index (χ0n) is 14.0. The smallest absolute Gasteiger partial charge is 0.225 e. The number of nitrogens with zero attached hydrogens (tertiary/aromatic N) is 3. The van der Waals surface area contributed by atoms with Crippen LogP contribution in [0, 0.1) is 17.8 Å². The second-order valence-electron chi connectivity index (χ2n) is 7.16. The molecule has 3 rings (SSSR count). The number of carbonyl (C=O) groups excluding carboxylic acids is 1. The van der Waals surface area contributed by atoms with Crippen molar-refractivity contribution < 1.29 is 4.79 Å². The molecule has 0 radical (unpaired) electrons. The summed E-state index contributed by atoms with van der Waals surface area (Å²) < 4.78 is 0. The first-order chi connectivity index (χ1) is 11.0. The highest BCUT2D eigenvalue weighted by Crippen LogP contribution is 2.41. The van der Waals surface area contributed by atoms with E-state index in [0.717, 1.165) is 18.5 Å². The van der Waals surface area contributed by atoms with Gasteiger partial charge in [0.2, 0.25) is 11.9 Å². The number of nitrogens with two attached hydrogens (primary N) is 1. The molecule has 0 aliphatic heterocycles. The third-order valence-electron chi connectivity index (χ3n) is 5.33. The van der Waals surface area contributed by atoms with Gasteiger partial charge in [-0.05, 0) is 43.6 Å². The van der Waals surface area contributed by atoms with Gasteiger partial charge in [0.25, 0.3) is 0 Å². The van der Waals surface area contributed by atoms with Gasteiger partial charge in [-0.25, -0.2) is 9.97 Å². The Hall–Kier alpha value is -1.69. The van der Waals surface area contributed by atoms with Crippen LogP contribution in [-0.4, -0.2) is 36.0 Å². The third kappa shape index (κ3) is 3.63. The number of hydrogen-bond donors (Lipinski definition) is 2. The molecule has 1 heterocycles. The van der Waals surface area contributed by atoms with Crippen LogP contribution >= 0.6 is 0 Å². The first-order valence-electron chi connectivity index (χ1n) is 8.57. The molecule has 6 heteroatoms. The topological polar surface area (TPSA) is 84.1 Å². The van der Waals surface area contributed by atoms with Gasteiger partial charge >= 0.3 is 0 Å². The van der Waals surface area contributed by atoms with Crippen molar-refractivity contribution in [2.24, 2.45) is 23.5 Å². The SMILES string of the molecule is CN(C)c1nccc(CNC(=O)C2CC3CCCC(C2)C3N)n1. The first-order valence-corrected chi connectivity index (χ1v) is 8.57. The lowest BCUT2D eigenvalue weighted by Crippen LogP contribution is -2.49. The minimum Gasteiger partial charge on any atom is -0.350 e. The van der Waals surface area contributed by atoms with Gasteiger partial charge in [-0.3, -0.25) is 4.79 Å². The monoisotopic (exact) mass is 317 g/mol. The predicted molar refractivity (Wildman–Crippen MR) is 89.7 cm³/mol. The van der Waals surface area contributed by atoms with E-state index in [9.17, 15) is 4.79 Å². The van der Waals surface area contributed by atoms with Crippen LogP contribution in [0.2, 0.25) is 0 Å². The fraction of sp³-hybridized carbons (Fsp3) is 0.706. The molecule has 2 atom stereocenters. The zero-order chi connectivity index (χ0) is 16.4. The molecule has 2 aliphatic rings. The van der Waals surface area contributed by atoms with Gasteiger partial charge in [0.05, 0.1) is 12.2 Å². The van der Waals surface area contributed by atoms with Gasteiger partial charge < -0.3 is 16.0 Å². The summed E-state index contributed by atoms with van der Waals surface area (Å²) in [7, 11) is 3.81. The number of carbonyl (C=O) groups is 1. The summed E-state index contributed by atoms with van der Waals surface area (Å²) in [4.78, 5) is 23.0. The highest BCUT2D eigenvalue weighted by atomic mass is 16.1. The lowest BCUT2D eigenvalue weighted by molar-refractivity contribution is -0.128. The molecule has 2 unspecified atom stereocenters. The van der Waals surface area contributed by atoms with E-state index in [1.807, 2.05) is 25.1 Å². The number of aromatic nitrogens is 2. The molecule has 1 aromatic heterocycles. The van der Waals surface area contributed by atoms with E-state index in [1.165, 1.54) is 19.3 Å². The number of fused-ring (bicyclic) bond motifs is 2. The molecule has 1 amide bonds. The molecule has 0 spiro atoms. The highest BCUT2D eigenvalue weighted by Gasteiger charge is 2.40. The molecule has 2 fully saturated rings. The van der Waals surface area contributed by atoms with E-state index in [1.54, 1.807) is 6.20 Å². The van der Waals surface area contributed by atoms with Crippen LogP contribution in [0.15, 0.2) is 12.3 Å². The van der Waals surface area contributed by atoms with Gasteiger partial charge in [-0.1, -0.05) is 6.42 Å². The maximum absolute atomic E-state index is 12.5. The number of hydrogen-bond acceptors (Lipinski definition) is 5. The largest absolute Gasteiger partial charge is 0.350 e. The fourth-order valence-corrected chi connectivity index (χ4v) is 4.02. The van der Waals surface area contributed by atoms with E-state index in [2.05, 4.69) is 15.3 Å². The standard InChI is InChI=1S/C17H27N5O/c1-22(2)17-19-7-6-14(21-17)10-20-16(23)13-8-11-4-3-5-12(9-13)15(11)18/h6-7,11-13,15H,3-5,8-10,18H2,1-2H3,(H,20,23). The molecular formula is C17H27N5O. The van der Waals surface area contributed by atoms with Gasteiger partial charge in [0.1, 0.15) is 0 Å². The first kappa shape index (κ1) is 16.2. The van der Waals surface area contributed by atoms with Gasteiger partial charge in [-0.2, -0.15) is 0 Å². The molecule has 0 saturated heterocycles. The van der Waals surface area contributed by atoms with Crippen LogP contribution < -0.4 is 16.0 Å². The molecule has 2 saturated carbocycles. The van der Waals surface area contributed by atoms with E-state index >= 15 is 0 Å². The van der Waals surface area contributed by atoms with Crippen LogP contribution in [0.25, 0.3) is 0 Å². The molecule has 126 valence electrons. The summed E-state index contributed by atoms with van der Waals surface area (Å²) in [6.07, 6.45) is 7.24. The normalized spacial score (nSPS) is 29.9. The second-order valence-corrected chi connectivity index (χ2v) is 7.16. The van der Waals surface area contributed by atoms with E-state index in [-0.39, 0.29) is 11.8 Å². The van der Waals surface area contributed by atoms with Crippen molar-refractivity contribution in [3.8, 4) is 0 Å². The Labute approximate surface area is 137 Å². The molecule has 2 bridgehead atoms. The predicted octanol–water partition coefficient (Wildman–Crippen LogP) is 1.31. The molecule has 23 heavy (non-hydrogen) atoms. The van der Waals surface area contributed by atoms with Crippen LogP contribution in [0.5, 0.6) is 0 Å². The Morgan fingerprint density at radius 2 is 2.04 bits per heavy atom. The average molecular weight is 317 g/mol. The summed E-state index contributed by atoms with van der Waals surface area (Å²) in [5.41, 5.74) is 7.14. The number of anilines is 1. The summed E-state index contributed by atoms with van der Waals surface area (Å²) in [6, 6.07) is 2.15. The number of rotatable bonds is 4. The van der Waals surface area contributed by atoms with Crippen LogP contribution in [0.1, 0.15) is 37.8 Å². The molecule has 3 N–H and O–H groups in total. The Bertz CT molecular complexity index is 548. The second kappa shape index (κ2) is 6.83. The van der Waals surface area contributed by atoms with Crippen molar-refractivity contribution in [1.29, 1.82) is 0 Å². The molecule has 2 aliphatic carbocycles. The molecular weight excluding hydrogens is 290 g/mol. The third-order valence-corrected chi connectivity index (χ3v) is 5.33. The molecule has 0 aromatic carbocycles. The minimum absolute atomic E-state index is 0.111. The lowest BCUT2D eigenvalue weighted by atomic mass is 9.65.